The van der Waals surface area contributed by atoms with Gasteiger partial charge in [-0.2, -0.15) is 0 Å². The fourth-order valence-corrected chi connectivity index (χ4v) is 2.99. The molecule has 1 aliphatic rings. The topological polar surface area (TPSA) is 222 Å². The third-order valence-electron chi connectivity index (χ3n) is 4.59. The standard InChI is InChI=1S/C17H27N5O8/c1-8(17(29)30)20-14(26)10(4-5-12(19)23)21-15(27)11-3-2-6-22(11)16(28)9(18)7-13(24)25/h8-11H,2-7,18H2,1H3,(H2,19,23)(H,20,26)(H,21,27)(H,24,25)(H,29,30). The molecule has 4 unspecified atom stereocenters. The van der Waals surface area contributed by atoms with Crippen molar-refractivity contribution in [1.29, 1.82) is 0 Å². The van der Waals surface area contributed by atoms with E-state index in [4.69, 9.17) is 21.7 Å². The van der Waals surface area contributed by atoms with Gasteiger partial charge >= 0.3 is 11.9 Å². The summed E-state index contributed by atoms with van der Waals surface area (Å²) in [5.41, 5.74) is 10.7. The second-order valence-corrected chi connectivity index (χ2v) is 7.03. The molecule has 0 radical (unpaired) electrons. The van der Waals surface area contributed by atoms with E-state index in [1.807, 2.05) is 0 Å². The van der Waals surface area contributed by atoms with Crippen molar-refractivity contribution in [1.82, 2.24) is 15.5 Å². The van der Waals surface area contributed by atoms with Crippen LogP contribution in [0.25, 0.3) is 0 Å². The molecule has 4 amide bonds. The summed E-state index contributed by atoms with van der Waals surface area (Å²) in [4.78, 5) is 71.4. The van der Waals surface area contributed by atoms with Crippen LogP contribution in [-0.4, -0.2) is 81.4 Å². The summed E-state index contributed by atoms with van der Waals surface area (Å²) >= 11 is 0. The fourth-order valence-electron chi connectivity index (χ4n) is 2.99. The number of carboxylic acids is 2. The molecular formula is C17H27N5O8. The van der Waals surface area contributed by atoms with Crippen LogP contribution in [0.1, 0.15) is 39.0 Å². The van der Waals surface area contributed by atoms with Gasteiger partial charge in [-0.25, -0.2) is 0 Å². The van der Waals surface area contributed by atoms with E-state index in [0.717, 1.165) is 4.90 Å². The van der Waals surface area contributed by atoms with E-state index in [-0.39, 0.29) is 25.8 Å². The molecule has 0 aromatic rings. The van der Waals surface area contributed by atoms with Crippen LogP contribution in [0, 0.1) is 0 Å². The van der Waals surface area contributed by atoms with Gasteiger partial charge in [-0.1, -0.05) is 0 Å². The quantitative estimate of drug-likeness (QED) is 0.198. The molecule has 0 saturated carbocycles. The lowest BCUT2D eigenvalue weighted by Crippen LogP contribution is -2.56. The zero-order chi connectivity index (χ0) is 23.0. The van der Waals surface area contributed by atoms with Gasteiger partial charge in [0.25, 0.3) is 0 Å². The minimum absolute atomic E-state index is 0.168. The molecule has 0 bridgehead atoms. The van der Waals surface area contributed by atoms with Gasteiger partial charge in [0.1, 0.15) is 18.1 Å². The summed E-state index contributed by atoms with van der Waals surface area (Å²) in [5, 5.41) is 22.3. The van der Waals surface area contributed by atoms with Crippen LogP contribution < -0.4 is 22.1 Å². The van der Waals surface area contributed by atoms with E-state index in [1.54, 1.807) is 0 Å². The Morgan fingerprint density at radius 1 is 1.13 bits per heavy atom. The number of nitrogens with one attached hydrogen (secondary N) is 2. The van der Waals surface area contributed by atoms with Crippen LogP contribution >= 0.6 is 0 Å². The van der Waals surface area contributed by atoms with Gasteiger partial charge < -0.3 is 37.2 Å². The largest absolute Gasteiger partial charge is 0.481 e. The monoisotopic (exact) mass is 429 g/mol. The molecule has 0 spiro atoms. The zero-order valence-electron chi connectivity index (χ0n) is 16.5. The molecule has 0 aliphatic carbocycles. The lowest BCUT2D eigenvalue weighted by atomic mass is 10.1. The minimum atomic E-state index is -1.32. The Morgan fingerprint density at radius 2 is 1.77 bits per heavy atom. The average molecular weight is 429 g/mol. The van der Waals surface area contributed by atoms with Gasteiger partial charge in [-0.15, -0.1) is 0 Å². The normalized spacial score (nSPS) is 18.7. The number of carbonyl (C=O) groups is 6. The van der Waals surface area contributed by atoms with E-state index in [9.17, 15) is 28.8 Å². The molecule has 168 valence electrons. The van der Waals surface area contributed by atoms with Crippen molar-refractivity contribution in [3.05, 3.63) is 0 Å². The first kappa shape index (κ1) is 24.8. The SMILES string of the molecule is CC(NC(=O)C(CCC(N)=O)NC(=O)C1CCCN1C(=O)C(N)CC(=O)O)C(=O)O. The third-order valence-corrected chi connectivity index (χ3v) is 4.59. The molecule has 13 nitrogen and oxygen atoms in total. The van der Waals surface area contributed by atoms with E-state index in [2.05, 4.69) is 10.6 Å². The van der Waals surface area contributed by atoms with Crippen LogP contribution in [0.4, 0.5) is 0 Å². The van der Waals surface area contributed by atoms with Gasteiger partial charge in [-0.3, -0.25) is 28.8 Å². The summed E-state index contributed by atoms with van der Waals surface area (Å²) < 4.78 is 0. The predicted molar refractivity (Wildman–Crippen MR) is 101 cm³/mol. The fraction of sp³-hybridized carbons (Fsp3) is 0.647. The van der Waals surface area contributed by atoms with Crippen LogP contribution in [0.15, 0.2) is 0 Å². The van der Waals surface area contributed by atoms with Gasteiger partial charge in [0.2, 0.25) is 23.6 Å². The predicted octanol–water partition coefficient (Wildman–Crippen LogP) is -2.88. The van der Waals surface area contributed by atoms with E-state index in [1.165, 1.54) is 6.92 Å². The maximum Gasteiger partial charge on any atom is 0.325 e. The number of nitrogens with two attached hydrogens (primary N) is 2. The highest BCUT2D eigenvalue weighted by atomic mass is 16.4. The molecule has 13 heteroatoms. The molecule has 8 N–H and O–H groups in total. The summed E-state index contributed by atoms with van der Waals surface area (Å²) in [6, 6.07) is -4.78. The molecule has 1 saturated heterocycles. The number of hydrogen-bond acceptors (Lipinski definition) is 7. The van der Waals surface area contributed by atoms with Crippen molar-refractivity contribution in [3.8, 4) is 0 Å². The van der Waals surface area contributed by atoms with Gasteiger partial charge in [-0.05, 0) is 26.2 Å². The van der Waals surface area contributed by atoms with Crippen LogP contribution in [0.2, 0.25) is 0 Å². The number of carboxylic acid groups (broad SMARTS) is 2. The molecule has 1 fully saturated rings. The average Bonchev–Trinajstić information content (AvgIpc) is 3.13. The number of hydrogen-bond donors (Lipinski definition) is 6. The second kappa shape index (κ2) is 11.1. The molecule has 1 rings (SSSR count). The Bertz CT molecular complexity index is 712. The number of aliphatic carboxylic acids is 2. The molecule has 30 heavy (non-hydrogen) atoms. The Hall–Kier alpha value is -3.22. The minimum Gasteiger partial charge on any atom is -0.481 e. The number of rotatable bonds is 11. The molecular weight excluding hydrogens is 402 g/mol. The third kappa shape index (κ3) is 7.31. The van der Waals surface area contributed by atoms with Gasteiger partial charge in [0, 0.05) is 13.0 Å². The van der Waals surface area contributed by atoms with Crippen molar-refractivity contribution in [2.45, 2.75) is 63.2 Å². The van der Waals surface area contributed by atoms with Crippen molar-refractivity contribution >= 4 is 35.6 Å². The molecule has 1 heterocycles. The van der Waals surface area contributed by atoms with Crippen molar-refractivity contribution in [2.75, 3.05) is 6.54 Å². The van der Waals surface area contributed by atoms with Gasteiger partial charge in [0.05, 0.1) is 12.5 Å². The highest BCUT2D eigenvalue weighted by Crippen LogP contribution is 2.19. The summed E-state index contributed by atoms with van der Waals surface area (Å²) in [7, 11) is 0. The van der Waals surface area contributed by atoms with E-state index in [0.29, 0.717) is 6.42 Å². The van der Waals surface area contributed by atoms with Crippen molar-refractivity contribution in [3.63, 3.8) is 0 Å². The number of nitrogens with zero attached hydrogens (tertiary/aromatic N) is 1. The number of amides is 4. The van der Waals surface area contributed by atoms with Crippen molar-refractivity contribution in [2.24, 2.45) is 11.5 Å². The number of primary amides is 1. The first-order chi connectivity index (χ1) is 13.9. The number of likely N-dealkylation sites (tertiary alicyclic amines) is 1. The second-order valence-electron chi connectivity index (χ2n) is 7.03. The Balaban J connectivity index is 2.88. The highest BCUT2D eigenvalue weighted by Gasteiger charge is 2.38. The number of carbonyl (C=O) groups excluding carboxylic acids is 4. The van der Waals surface area contributed by atoms with Crippen LogP contribution in [-0.2, 0) is 28.8 Å². The molecule has 1 aliphatic heterocycles. The first-order valence-electron chi connectivity index (χ1n) is 9.33. The lowest BCUT2D eigenvalue weighted by molar-refractivity contribution is -0.144. The Morgan fingerprint density at radius 3 is 2.30 bits per heavy atom. The molecule has 0 aromatic heterocycles. The Kier molecular flexibility index (Phi) is 9.17. The molecule has 0 aromatic carbocycles. The first-order valence-corrected chi connectivity index (χ1v) is 9.33. The van der Waals surface area contributed by atoms with E-state index >= 15 is 0 Å². The maximum absolute atomic E-state index is 12.7. The van der Waals surface area contributed by atoms with Gasteiger partial charge in [0.15, 0.2) is 0 Å². The smallest absolute Gasteiger partial charge is 0.325 e. The van der Waals surface area contributed by atoms with Crippen LogP contribution in [0.5, 0.6) is 0 Å². The molecule has 4 atom stereocenters. The highest BCUT2D eigenvalue weighted by molar-refractivity contribution is 5.95. The summed E-state index contributed by atoms with van der Waals surface area (Å²) in [6.45, 7) is 1.42. The van der Waals surface area contributed by atoms with Crippen LogP contribution in [0.3, 0.4) is 0 Å². The van der Waals surface area contributed by atoms with Crippen molar-refractivity contribution < 1.29 is 39.0 Å². The lowest BCUT2D eigenvalue weighted by Gasteiger charge is -2.28. The zero-order valence-corrected chi connectivity index (χ0v) is 16.5. The Labute approximate surface area is 172 Å². The summed E-state index contributed by atoms with van der Waals surface area (Å²) in [5.74, 6) is -5.48. The van der Waals surface area contributed by atoms with E-state index < -0.39 is 66.2 Å². The maximum atomic E-state index is 12.7. The summed E-state index contributed by atoms with van der Waals surface area (Å²) in [6.07, 6.45) is -0.264.